The third-order valence-corrected chi connectivity index (χ3v) is 5.13. The van der Waals surface area contributed by atoms with Crippen molar-refractivity contribution in [3.63, 3.8) is 0 Å². The van der Waals surface area contributed by atoms with Crippen molar-refractivity contribution in [2.45, 2.75) is 24.6 Å². The van der Waals surface area contributed by atoms with Gasteiger partial charge in [0.15, 0.2) is 0 Å². The molecule has 2 N–H and O–H groups in total. The molecule has 0 amide bonds. The van der Waals surface area contributed by atoms with E-state index in [4.69, 9.17) is 4.42 Å². The van der Waals surface area contributed by atoms with E-state index in [0.717, 1.165) is 10.0 Å². The van der Waals surface area contributed by atoms with Crippen LogP contribution in [-0.4, -0.2) is 15.5 Å². The van der Waals surface area contributed by atoms with Gasteiger partial charge in [0, 0.05) is 10.5 Å². The molecule has 1 atom stereocenters. The lowest BCUT2D eigenvalue weighted by molar-refractivity contribution is 0.392. The molecule has 0 aliphatic rings. The summed E-state index contributed by atoms with van der Waals surface area (Å²) in [4.78, 5) is 0. The smallest absolute Gasteiger partial charge is 0.273 e. The number of nitrogens with one attached hydrogen (secondary N) is 2. The summed E-state index contributed by atoms with van der Waals surface area (Å²) >= 11 is 3.51. The molecular formula is C14H17BrN2O3S. The van der Waals surface area contributed by atoms with Crippen molar-refractivity contribution in [1.29, 1.82) is 0 Å². The van der Waals surface area contributed by atoms with Crippen LogP contribution in [0.25, 0.3) is 0 Å². The maximum atomic E-state index is 11.6. The van der Waals surface area contributed by atoms with E-state index in [1.807, 2.05) is 31.2 Å². The average molecular weight is 373 g/mol. The molecule has 1 aromatic carbocycles. The minimum atomic E-state index is -3.53. The van der Waals surface area contributed by atoms with Gasteiger partial charge in [0.25, 0.3) is 10.0 Å². The lowest BCUT2D eigenvalue weighted by Gasteiger charge is -2.14. The minimum Gasteiger partial charge on any atom is -0.447 e. The largest absolute Gasteiger partial charge is 0.447 e. The van der Waals surface area contributed by atoms with Crippen LogP contribution in [0.4, 0.5) is 0 Å². The Morgan fingerprint density at radius 1 is 1.24 bits per heavy atom. The first kappa shape index (κ1) is 16.2. The highest BCUT2D eigenvalue weighted by Crippen LogP contribution is 2.23. The third kappa shape index (κ3) is 3.94. The molecule has 1 aromatic heterocycles. The molecule has 0 spiro atoms. The number of sulfonamides is 1. The van der Waals surface area contributed by atoms with Gasteiger partial charge in [-0.15, -0.1) is 0 Å². The van der Waals surface area contributed by atoms with E-state index >= 15 is 0 Å². The highest BCUT2D eigenvalue weighted by Gasteiger charge is 2.16. The van der Waals surface area contributed by atoms with Crippen LogP contribution in [0, 0.1) is 0 Å². The van der Waals surface area contributed by atoms with Gasteiger partial charge in [0.1, 0.15) is 5.76 Å². The van der Waals surface area contributed by atoms with Crippen molar-refractivity contribution in [2.75, 3.05) is 7.05 Å². The molecule has 0 unspecified atom stereocenters. The molecule has 2 aromatic rings. The first-order valence-electron chi connectivity index (χ1n) is 6.44. The Labute approximate surface area is 132 Å². The van der Waals surface area contributed by atoms with Gasteiger partial charge in [-0.25, -0.2) is 13.1 Å². The van der Waals surface area contributed by atoms with E-state index in [1.54, 1.807) is 6.07 Å². The molecule has 114 valence electrons. The fraction of sp³-hybridized carbons (Fsp3) is 0.286. The van der Waals surface area contributed by atoms with E-state index in [-0.39, 0.29) is 11.1 Å². The summed E-state index contributed by atoms with van der Waals surface area (Å²) in [5.74, 6) is 0.572. The molecule has 7 heteroatoms. The van der Waals surface area contributed by atoms with E-state index in [2.05, 4.69) is 26.0 Å². The number of halogens is 1. The van der Waals surface area contributed by atoms with Crippen LogP contribution in [0.15, 0.2) is 50.4 Å². The van der Waals surface area contributed by atoms with Crippen molar-refractivity contribution in [2.24, 2.45) is 0 Å². The second kappa shape index (κ2) is 6.74. The van der Waals surface area contributed by atoms with Crippen LogP contribution in [0.2, 0.25) is 0 Å². The minimum absolute atomic E-state index is 0.0738. The SMILES string of the molecule is CNS(=O)(=O)c1ccc(CN[C@@H](C)c2ccccc2Br)o1. The van der Waals surface area contributed by atoms with Crippen LogP contribution in [-0.2, 0) is 16.6 Å². The number of rotatable bonds is 6. The van der Waals surface area contributed by atoms with Gasteiger partial charge in [0.2, 0.25) is 5.09 Å². The summed E-state index contributed by atoms with van der Waals surface area (Å²) in [6.45, 7) is 2.48. The maximum Gasteiger partial charge on any atom is 0.273 e. The van der Waals surface area contributed by atoms with Gasteiger partial charge in [0.05, 0.1) is 6.54 Å². The Hall–Kier alpha value is -1.15. The van der Waals surface area contributed by atoms with E-state index in [0.29, 0.717) is 12.3 Å². The van der Waals surface area contributed by atoms with E-state index in [9.17, 15) is 8.42 Å². The van der Waals surface area contributed by atoms with Crippen molar-refractivity contribution < 1.29 is 12.8 Å². The van der Waals surface area contributed by atoms with E-state index < -0.39 is 10.0 Å². The number of hydrogen-bond acceptors (Lipinski definition) is 4. The second-order valence-corrected chi connectivity index (χ2v) is 7.22. The molecule has 0 aliphatic carbocycles. The Bertz CT molecular complexity index is 713. The van der Waals surface area contributed by atoms with Crippen LogP contribution in [0.5, 0.6) is 0 Å². The van der Waals surface area contributed by atoms with Gasteiger partial charge in [-0.3, -0.25) is 0 Å². The van der Waals surface area contributed by atoms with Crippen molar-refractivity contribution in [3.05, 3.63) is 52.2 Å². The lowest BCUT2D eigenvalue weighted by atomic mass is 10.1. The Morgan fingerprint density at radius 3 is 2.62 bits per heavy atom. The normalized spacial score (nSPS) is 13.3. The van der Waals surface area contributed by atoms with Crippen LogP contribution < -0.4 is 10.0 Å². The first-order chi connectivity index (χ1) is 9.94. The molecule has 0 radical (unpaired) electrons. The zero-order valence-electron chi connectivity index (χ0n) is 11.8. The summed E-state index contributed by atoms with van der Waals surface area (Å²) in [6.07, 6.45) is 0. The maximum absolute atomic E-state index is 11.6. The molecule has 2 rings (SSSR count). The number of benzene rings is 1. The lowest BCUT2D eigenvalue weighted by Crippen LogP contribution is -2.19. The van der Waals surface area contributed by atoms with Crippen molar-refractivity contribution in [1.82, 2.24) is 10.0 Å². The molecular weight excluding hydrogens is 356 g/mol. The summed E-state index contributed by atoms with van der Waals surface area (Å²) < 4.78 is 31.8. The van der Waals surface area contributed by atoms with E-state index in [1.165, 1.54) is 13.1 Å². The predicted octanol–water partition coefficient (Wildman–Crippen LogP) is 2.80. The molecule has 0 aliphatic heterocycles. The molecule has 0 saturated carbocycles. The summed E-state index contributed by atoms with van der Waals surface area (Å²) in [5.41, 5.74) is 1.13. The molecule has 0 bridgehead atoms. The highest BCUT2D eigenvalue weighted by molar-refractivity contribution is 9.10. The molecule has 5 nitrogen and oxygen atoms in total. The second-order valence-electron chi connectivity index (χ2n) is 4.55. The van der Waals surface area contributed by atoms with Crippen LogP contribution >= 0.6 is 15.9 Å². The number of furan rings is 1. The average Bonchev–Trinajstić information content (AvgIpc) is 2.95. The Balaban J connectivity index is 2.03. The predicted molar refractivity (Wildman–Crippen MR) is 84.4 cm³/mol. The molecule has 1 heterocycles. The third-order valence-electron chi connectivity index (χ3n) is 3.12. The molecule has 0 fully saturated rings. The van der Waals surface area contributed by atoms with Crippen LogP contribution in [0.1, 0.15) is 24.3 Å². The standard InChI is InChI=1S/C14H17BrN2O3S/c1-10(12-5-3-4-6-13(12)15)17-9-11-7-8-14(20-11)21(18,19)16-2/h3-8,10,16-17H,9H2,1-2H3/t10-/m0/s1. The van der Waals surface area contributed by atoms with Gasteiger partial charge in [-0.2, -0.15) is 0 Å². The fourth-order valence-corrected chi connectivity index (χ4v) is 3.18. The quantitative estimate of drug-likeness (QED) is 0.817. The molecule has 21 heavy (non-hydrogen) atoms. The number of hydrogen-bond donors (Lipinski definition) is 2. The summed E-state index contributed by atoms with van der Waals surface area (Å²) in [6, 6.07) is 11.2. The first-order valence-corrected chi connectivity index (χ1v) is 8.71. The zero-order valence-corrected chi connectivity index (χ0v) is 14.2. The summed E-state index contributed by atoms with van der Waals surface area (Å²) in [7, 11) is -2.17. The topological polar surface area (TPSA) is 71.3 Å². The Kier molecular flexibility index (Phi) is 5.21. The monoisotopic (exact) mass is 372 g/mol. The zero-order chi connectivity index (χ0) is 15.5. The van der Waals surface area contributed by atoms with Gasteiger partial charge in [-0.05, 0) is 37.7 Å². The van der Waals surface area contributed by atoms with Crippen molar-refractivity contribution in [3.8, 4) is 0 Å². The Morgan fingerprint density at radius 2 is 1.95 bits per heavy atom. The highest BCUT2D eigenvalue weighted by atomic mass is 79.9. The van der Waals surface area contributed by atoms with Crippen molar-refractivity contribution >= 4 is 26.0 Å². The van der Waals surface area contributed by atoms with Gasteiger partial charge >= 0.3 is 0 Å². The van der Waals surface area contributed by atoms with Crippen LogP contribution in [0.3, 0.4) is 0 Å². The summed E-state index contributed by atoms with van der Waals surface area (Å²) in [5, 5.41) is 3.23. The van der Waals surface area contributed by atoms with Gasteiger partial charge in [-0.1, -0.05) is 34.1 Å². The fourth-order valence-electron chi connectivity index (χ4n) is 1.89. The molecule has 0 saturated heterocycles. The van der Waals surface area contributed by atoms with Gasteiger partial charge < -0.3 is 9.73 Å².